The molecule has 0 amide bonds. The Kier molecular flexibility index (Phi) is 4.22. The number of nitrogens with zero attached hydrogens (tertiary/aromatic N) is 2. The number of piperidine rings is 1. The molecule has 1 fully saturated rings. The fourth-order valence-electron chi connectivity index (χ4n) is 3.99. The number of carboxylic acid groups (broad SMARTS) is 1. The maximum absolute atomic E-state index is 12.7. The minimum atomic E-state index is -1.26. The highest BCUT2D eigenvalue weighted by atomic mass is 16.5. The molecular formula is C20H21N3O4. The van der Waals surface area contributed by atoms with Crippen LogP contribution in [0.5, 0.6) is 0 Å². The highest BCUT2D eigenvalue weighted by Crippen LogP contribution is 2.34. The van der Waals surface area contributed by atoms with Gasteiger partial charge in [-0.25, -0.2) is 9.78 Å². The van der Waals surface area contributed by atoms with Crippen LogP contribution in [0.3, 0.4) is 0 Å². The molecule has 2 aliphatic rings. The topological polar surface area (TPSA) is 95.5 Å². The number of pyridine rings is 1. The number of fused-ring (bicyclic) bond motifs is 1. The lowest BCUT2D eigenvalue weighted by Crippen LogP contribution is -2.38. The Morgan fingerprint density at radius 3 is 2.81 bits per heavy atom. The van der Waals surface area contributed by atoms with Gasteiger partial charge in [0, 0.05) is 36.4 Å². The van der Waals surface area contributed by atoms with Crippen LogP contribution in [-0.4, -0.2) is 44.8 Å². The number of Topliss-reactive ketones (excluding diaryl/α,β-unsaturated/α-hetero) is 1. The summed E-state index contributed by atoms with van der Waals surface area (Å²) < 4.78 is 5.81. The molecule has 0 bridgehead atoms. The van der Waals surface area contributed by atoms with Crippen LogP contribution in [0, 0.1) is 11.8 Å². The SMILES string of the molecule is C[C@H]1C[C@H](C)CN(C2=C(C(=O)O)C(=O)C(=Cc3c[nH]c4ncccc34)O2)C1. The quantitative estimate of drug-likeness (QED) is 0.640. The van der Waals surface area contributed by atoms with E-state index in [4.69, 9.17) is 4.74 Å². The van der Waals surface area contributed by atoms with E-state index in [0.717, 1.165) is 17.4 Å². The van der Waals surface area contributed by atoms with Crippen LogP contribution < -0.4 is 0 Å². The van der Waals surface area contributed by atoms with Gasteiger partial charge in [0.15, 0.2) is 11.3 Å². The highest BCUT2D eigenvalue weighted by Gasteiger charge is 2.40. The second-order valence-electron chi connectivity index (χ2n) is 7.42. The first-order chi connectivity index (χ1) is 12.9. The summed E-state index contributed by atoms with van der Waals surface area (Å²) in [4.78, 5) is 33.6. The van der Waals surface area contributed by atoms with Gasteiger partial charge < -0.3 is 19.7 Å². The van der Waals surface area contributed by atoms with Crippen molar-refractivity contribution < 1.29 is 19.4 Å². The van der Waals surface area contributed by atoms with Crippen LogP contribution in [0.4, 0.5) is 0 Å². The molecule has 2 atom stereocenters. The monoisotopic (exact) mass is 367 g/mol. The number of aromatic amines is 1. The average molecular weight is 367 g/mol. The van der Waals surface area contributed by atoms with Crippen LogP contribution in [0.25, 0.3) is 17.1 Å². The van der Waals surface area contributed by atoms with E-state index in [1.165, 1.54) is 0 Å². The average Bonchev–Trinajstić information content (AvgIpc) is 3.16. The normalized spacial score (nSPS) is 24.7. The predicted molar refractivity (Wildman–Crippen MR) is 99.3 cm³/mol. The lowest BCUT2D eigenvalue weighted by atomic mass is 9.92. The van der Waals surface area contributed by atoms with E-state index in [1.54, 1.807) is 24.5 Å². The van der Waals surface area contributed by atoms with Crippen molar-refractivity contribution in [2.75, 3.05) is 13.1 Å². The molecule has 140 valence electrons. The van der Waals surface area contributed by atoms with Crippen LogP contribution in [0.15, 0.2) is 41.7 Å². The molecule has 0 saturated carbocycles. The third-order valence-corrected chi connectivity index (χ3v) is 5.01. The van der Waals surface area contributed by atoms with Gasteiger partial charge in [0.2, 0.25) is 11.7 Å². The maximum atomic E-state index is 12.7. The van der Waals surface area contributed by atoms with Crippen LogP contribution in [0.2, 0.25) is 0 Å². The molecule has 2 aromatic heterocycles. The van der Waals surface area contributed by atoms with E-state index in [-0.39, 0.29) is 17.2 Å². The lowest BCUT2D eigenvalue weighted by Gasteiger charge is -2.36. The summed E-state index contributed by atoms with van der Waals surface area (Å²) in [5.74, 6) is -0.856. The molecule has 7 nitrogen and oxygen atoms in total. The number of carbonyl (C=O) groups excluding carboxylic acids is 1. The first kappa shape index (κ1) is 17.3. The predicted octanol–water partition coefficient (Wildman–Crippen LogP) is 2.78. The van der Waals surface area contributed by atoms with Crippen molar-refractivity contribution in [1.29, 1.82) is 0 Å². The van der Waals surface area contributed by atoms with E-state index in [0.29, 0.717) is 30.6 Å². The number of carbonyl (C=O) groups is 2. The van der Waals surface area contributed by atoms with Crippen molar-refractivity contribution in [3.63, 3.8) is 0 Å². The summed E-state index contributed by atoms with van der Waals surface area (Å²) >= 11 is 0. The summed E-state index contributed by atoms with van der Waals surface area (Å²) in [6.07, 6.45) is 6.05. The van der Waals surface area contributed by atoms with Gasteiger partial charge >= 0.3 is 5.97 Å². The zero-order valence-corrected chi connectivity index (χ0v) is 15.2. The summed E-state index contributed by atoms with van der Waals surface area (Å²) in [5.41, 5.74) is 1.13. The summed E-state index contributed by atoms with van der Waals surface area (Å²) in [5, 5.41) is 10.4. The Morgan fingerprint density at radius 2 is 2.11 bits per heavy atom. The second-order valence-corrected chi connectivity index (χ2v) is 7.42. The molecule has 0 spiro atoms. The van der Waals surface area contributed by atoms with Crippen LogP contribution in [0.1, 0.15) is 25.8 Å². The molecule has 0 aliphatic carbocycles. The lowest BCUT2D eigenvalue weighted by molar-refractivity contribution is -0.134. The Balaban J connectivity index is 1.70. The molecule has 1 saturated heterocycles. The highest BCUT2D eigenvalue weighted by molar-refractivity contribution is 6.26. The molecule has 0 aromatic carbocycles. The summed E-state index contributed by atoms with van der Waals surface area (Å²) in [6, 6.07) is 3.68. The number of rotatable bonds is 3. The first-order valence-electron chi connectivity index (χ1n) is 9.03. The molecule has 7 heteroatoms. The van der Waals surface area contributed by atoms with E-state index in [1.807, 2.05) is 11.0 Å². The standard InChI is InChI=1S/C20H21N3O4/c1-11-6-12(2)10-23(9-11)19-16(20(25)26)17(24)15(27-19)7-13-8-22-18-14(13)4-3-5-21-18/h3-5,7-8,11-12H,6,9-10H2,1-2H3,(H,21,22)(H,25,26)/t11-,12-/m0/s1. The molecule has 2 N–H and O–H groups in total. The van der Waals surface area contributed by atoms with Crippen molar-refractivity contribution in [2.24, 2.45) is 11.8 Å². The fourth-order valence-corrected chi connectivity index (χ4v) is 3.99. The molecule has 0 unspecified atom stereocenters. The smallest absolute Gasteiger partial charge is 0.345 e. The van der Waals surface area contributed by atoms with E-state index in [2.05, 4.69) is 23.8 Å². The number of ketones is 1. The molecule has 27 heavy (non-hydrogen) atoms. The van der Waals surface area contributed by atoms with Gasteiger partial charge in [0.05, 0.1) is 0 Å². The zero-order valence-electron chi connectivity index (χ0n) is 15.2. The third-order valence-electron chi connectivity index (χ3n) is 5.01. The summed E-state index contributed by atoms with van der Waals surface area (Å²) in [6.45, 7) is 5.59. The molecule has 0 radical (unpaired) electrons. The Morgan fingerprint density at radius 1 is 1.37 bits per heavy atom. The molecule has 4 rings (SSSR count). The molecule has 2 aliphatic heterocycles. The van der Waals surface area contributed by atoms with Gasteiger partial charge in [-0.05, 0) is 36.5 Å². The maximum Gasteiger partial charge on any atom is 0.345 e. The van der Waals surface area contributed by atoms with Gasteiger partial charge in [0.1, 0.15) is 5.65 Å². The fraction of sp³-hybridized carbons (Fsp3) is 0.350. The largest absolute Gasteiger partial charge is 0.477 e. The Hall–Kier alpha value is -3.09. The van der Waals surface area contributed by atoms with E-state index in [9.17, 15) is 14.7 Å². The minimum absolute atomic E-state index is 0.0260. The Bertz CT molecular complexity index is 978. The number of likely N-dealkylation sites (tertiary alicyclic amines) is 1. The molecule has 2 aromatic rings. The number of nitrogens with one attached hydrogen (secondary N) is 1. The number of hydrogen-bond acceptors (Lipinski definition) is 5. The van der Waals surface area contributed by atoms with Gasteiger partial charge in [0.25, 0.3) is 0 Å². The van der Waals surface area contributed by atoms with Crippen LogP contribution in [-0.2, 0) is 14.3 Å². The number of hydrogen-bond donors (Lipinski definition) is 2. The summed E-state index contributed by atoms with van der Waals surface area (Å²) in [7, 11) is 0. The second kappa shape index (κ2) is 6.57. The van der Waals surface area contributed by atoms with Gasteiger partial charge in [-0.15, -0.1) is 0 Å². The van der Waals surface area contributed by atoms with E-state index < -0.39 is 11.8 Å². The van der Waals surface area contributed by atoms with Crippen molar-refractivity contribution >= 4 is 28.9 Å². The van der Waals surface area contributed by atoms with Crippen molar-refractivity contribution in [3.8, 4) is 0 Å². The number of ether oxygens (including phenoxy) is 1. The molecule has 4 heterocycles. The van der Waals surface area contributed by atoms with E-state index >= 15 is 0 Å². The number of allylic oxidation sites excluding steroid dienone is 1. The number of carboxylic acids is 1. The zero-order chi connectivity index (χ0) is 19.1. The van der Waals surface area contributed by atoms with Crippen molar-refractivity contribution in [1.82, 2.24) is 14.9 Å². The molecular weight excluding hydrogens is 346 g/mol. The number of aromatic nitrogens is 2. The minimum Gasteiger partial charge on any atom is -0.477 e. The number of H-pyrrole nitrogens is 1. The van der Waals surface area contributed by atoms with Crippen molar-refractivity contribution in [3.05, 3.63) is 47.3 Å². The van der Waals surface area contributed by atoms with Crippen LogP contribution >= 0.6 is 0 Å². The number of aliphatic carboxylic acids is 1. The van der Waals surface area contributed by atoms with Crippen molar-refractivity contribution in [2.45, 2.75) is 20.3 Å². The van der Waals surface area contributed by atoms with Gasteiger partial charge in [-0.2, -0.15) is 0 Å². The third kappa shape index (κ3) is 3.09. The van der Waals surface area contributed by atoms with Gasteiger partial charge in [-0.3, -0.25) is 4.79 Å². The Labute approximate surface area is 156 Å². The van der Waals surface area contributed by atoms with Gasteiger partial charge in [-0.1, -0.05) is 13.8 Å². The first-order valence-corrected chi connectivity index (χ1v) is 9.03.